The molecule has 7 nitrogen and oxygen atoms in total. The van der Waals surface area contributed by atoms with E-state index in [4.69, 9.17) is 10.2 Å². The minimum atomic E-state index is -0.310. The van der Waals surface area contributed by atoms with E-state index in [1.807, 2.05) is 0 Å². The minimum Gasteiger partial charge on any atom is -0.441 e. The van der Waals surface area contributed by atoms with Crippen LogP contribution in [0.4, 0.5) is 11.4 Å². The van der Waals surface area contributed by atoms with Crippen LogP contribution in [-0.2, 0) is 7.05 Å². The van der Waals surface area contributed by atoms with Crippen LogP contribution in [0.2, 0.25) is 0 Å². The average molecular weight is 285 g/mol. The number of aryl methyl sites for hydroxylation is 3. The predicted molar refractivity (Wildman–Crippen MR) is 79.1 cm³/mol. The summed E-state index contributed by atoms with van der Waals surface area (Å²) in [4.78, 5) is 16.5. The van der Waals surface area contributed by atoms with E-state index in [0.717, 1.165) is 0 Å². The molecule has 1 amide bonds. The van der Waals surface area contributed by atoms with Gasteiger partial charge in [0.2, 0.25) is 0 Å². The maximum atomic E-state index is 12.3. The third-order valence-corrected chi connectivity index (χ3v) is 3.24. The summed E-state index contributed by atoms with van der Waals surface area (Å²) in [5.41, 5.74) is 9.23. The number of hydrogen-bond donors (Lipinski definition) is 2. The Morgan fingerprint density at radius 3 is 2.81 bits per heavy atom. The number of nitrogens with zero attached hydrogens (tertiary/aromatic N) is 3. The molecule has 3 rings (SSSR count). The van der Waals surface area contributed by atoms with Crippen molar-refractivity contribution in [1.29, 1.82) is 0 Å². The van der Waals surface area contributed by atoms with Crippen molar-refractivity contribution >= 4 is 28.4 Å². The Labute approximate surface area is 120 Å². The number of amides is 1. The third kappa shape index (κ3) is 2.22. The van der Waals surface area contributed by atoms with Gasteiger partial charge in [-0.05, 0) is 25.1 Å². The number of nitrogens with one attached hydrogen (secondary N) is 1. The summed E-state index contributed by atoms with van der Waals surface area (Å²) in [5.74, 6) is 0.273. The molecular weight excluding hydrogens is 270 g/mol. The van der Waals surface area contributed by atoms with Gasteiger partial charge < -0.3 is 15.5 Å². The standard InChI is InChI=1S/C14H15N5O2/c1-7-12(15)13(19(3)18-7)14(20)17-9-4-5-11-10(6-9)16-8(2)21-11/h4-6H,15H2,1-3H3,(H,17,20). The summed E-state index contributed by atoms with van der Waals surface area (Å²) in [7, 11) is 1.68. The number of nitrogens with two attached hydrogens (primary N) is 1. The molecule has 1 aromatic carbocycles. The second-order valence-corrected chi connectivity index (χ2v) is 4.84. The Balaban J connectivity index is 1.92. The highest BCUT2D eigenvalue weighted by Gasteiger charge is 2.18. The monoisotopic (exact) mass is 285 g/mol. The highest BCUT2D eigenvalue weighted by atomic mass is 16.3. The molecule has 0 radical (unpaired) electrons. The van der Waals surface area contributed by atoms with Crippen molar-refractivity contribution in [3.63, 3.8) is 0 Å². The first-order valence-corrected chi connectivity index (χ1v) is 6.43. The number of hydrogen-bond acceptors (Lipinski definition) is 5. The maximum Gasteiger partial charge on any atom is 0.276 e. The van der Waals surface area contributed by atoms with E-state index >= 15 is 0 Å². The van der Waals surface area contributed by atoms with Gasteiger partial charge in [0.15, 0.2) is 11.5 Å². The molecule has 108 valence electrons. The molecule has 0 saturated heterocycles. The van der Waals surface area contributed by atoms with Gasteiger partial charge in [-0.3, -0.25) is 9.48 Å². The van der Waals surface area contributed by atoms with Crippen LogP contribution < -0.4 is 11.1 Å². The smallest absolute Gasteiger partial charge is 0.276 e. The predicted octanol–water partition coefficient (Wildman–Crippen LogP) is 2.01. The number of anilines is 2. The lowest BCUT2D eigenvalue weighted by molar-refractivity contribution is 0.101. The average Bonchev–Trinajstić information content (AvgIpc) is 2.88. The van der Waals surface area contributed by atoms with E-state index < -0.39 is 0 Å². The van der Waals surface area contributed by atoms with Gasteiger partial charge in [-0.15, -0.1) is 0 Å². The van der Waals surface area contributed by atoms with Crippen molar-refractivity contribution in [3.05, 3.63) is 35.5 Å². The van der Waals surface area contributed by atoms with Crippen LogP contribution in [0.25, 0.3) is 11.1 Å². The van der Waals surface area contributed by atoms with E-state index in [2.05, 4.69) is 15.4 Å². The second-order valence-electron chi connectivity index (χ2n) is 4.84. The molecule has 3 aromatic rings. The van der Waals surface area contributed by atoms with Crippen molar-refractivity contribution in [2.24, 2.45) is 7.05 Å². The molecule has 0 fully saturated rings. The lowest BCUT2D eigenvalue weighted by Gasteiger charge is -2.06. The molecular formula is C14H15N5O2. The maximum absolute atomic E-state index is 12.3. The molecule has 0 aliphatic heterocycles. The normalized spacial score (nSPS) is 11.0. The number of carbonyl (C=O) groups excluding carboxylic acids is 1. The quantitative estimate of drug-likeness (QED) is 0.750. The van der Waals surface area contributed by atoms with Crippen molar-refractivity contribution in [2.75, 3.05) is 11.1 Å². The zero-order chi connectivity index (χ0) is 15.1. The first-order chi connectivity index (χ1) is 9.95. The fourth-order valence-corrected chi connectivity index (χ4v) is 2.25. The van der Waals surface area contributed by atoms with Gasteiger partial charge in [0.05, 0.1) is 11.4 Å². The van der Waals surface area contributed by atoms with Gasteiger partial charge in [-0.25, -0.2) is 4.98 Å². The summed E-state index contributed by atoms with van der Waals surface area (Å²) in [6.07, 6.45) is 0. The van der Waals surface area contributed by atoms with E-state index in [0.29, 0.717) is 39.8 Å². The largest absolute Gasteiger partial charge is 0.441 e. The zero-order valence-corrected chi connectivity index (χ0v) is 12.0. The zero-order valence-electron chi connectivity index (χ0n) is 12.0. The number of rotatable bonds is 2. The number of benzene rings is 1. The van der Waals surface area contributed by atoms with Crippen LogP contribution in [0, 0.1) is 13.8 Å². The van der Waals surface area contributed by atoms with Gasteiger partial charge in [-0.2, -0.15) is 5.10 Å². The SMILES string of the molecule is Cc1nc2cc(NC(=O)c3c(N)c(C)nn3C)ccc2o1. The second kappa shape index (κ2) is 4.62. The van der Waals surface area contributed by atoms with E-state index in [1.54, 1.807) is 39.1 Å². The molecule has 0 atom stereocenters. The van der Waals surface area contributed by atoms with Gasteiger partial charge in [-0.1, -0.05) is 0 Å². The summed E-state index contributed by atoms with van der Waals surface area (Å²) in [5, 5.41) is 6.92. The van der Waals surface area contributed by atoms with Crippen LogP contribution in [0.1, 0.15) is 22.1 Å². The van der Waals surface area contributed by atoms with Crippen molar-refractivity contribution < 1.29 is 9.21 Å². The van der Waals surface area contributed by atoms with Gasteiger partial charge in [0, 0.05) is 19.7 Å². The summed E-state index contributed by atoms with van der Waals surface area (Å²) in [6, 6.07) is 5.27. The van der Waals surface area contributed by atoms with Gasteiger partial charge in [0.1, 0.15) is 11.2 Å². The molecule has 3 N–H and O–H groups in total. The van der Waals surface area contributed by atoms with Gasteiger partial charge in [0.25, 0.3) is 5.91 Å². The van der Waals surface area contributed by atoms with E-state index in [9.17, 15) is 4.79 Å². The van der Waals surface area contributed by atoms with Crippen LogP contribution in [0.15, 0.2) is 22.6 Å². The molecule has 0 bridgehead atoms. The van der Waals surface area contributed by atoms with Crippen molar-refractivity contribution in [1.82, 2.24) is 14.8 Å². The highest BCUT2D eigenvalue weighted by molar-refractivity contribution is 6.07. The third-order valence-electron chi connectivity index (χ3n) is 3.24. The highest BCUT2D eigenvalue weighted by Crippen LogP contribution is 2.21. The van der Waals surface area contributed by atoms with E-state index in [1.165, 1.54) is 4.68 Å². The molecule has 0 unspecified atom stereocenters. The minimum absolute atomic E-state index is 0.310. The number of aromatic nitrogens is 3. The Kier molecular flexibility index (Phi) is 2.90. The molecule has 2 aromatic heterocycles. The van der Waals surface area contributed by atoms with Crippen LogP contribution in [0.5, 0.6) is 0 Å². The lowest BCUT2D eigenvalue weighted by atomic mass is 10.2. The fraction of sp³-hybridized carbons (Fsp3) is 0.214. The molecule has 0 spiro atoms. The molecule has 21 heavy (non-hydrogen) atoms. The number of oxazole rings is 1. The molecule has 2 heterocycles. The lowest BCUT2D eigenvalue weighted by Crippen LogP contribution is -2.17. The van der Waals surface area contributed by atoms with Crippen molar-refractivity contribution in [3.8, 4) is 0 Å². The number of carbonyl (C=O) groups is 1. The molecule has 0 saturated carbocycles. The Hall–Kier alpha value is -2.83. The summed E-state index contributed by atoms with van der Waals surface area (Å²) >= 11 is 0. The van der Waals surface area contributed by atoms with Crippen LogP contribution >= 0.6 is 0 Å². The van der Waals surface area contributed by atoms with E-state index in [-0.39, 0.29) is 5.91 Å². The molecule has 7 heteroatoms. The number of nitrogen functional groups attached to an aromatic ring is 1. The first-order valence-electron chi connectivity index (χ1n) is 6.43. The molecule has 0 aliphatic carbocycles. The van der Waals surface area contributed by atoms with Crippen molar-refractivity contribution in [2.45, 2.75) is 13.8 Å². The topological polar surface area (TPSA) is 99.0 Å². The Morgan fingerprint density at radius 2 is 2.14 bits per heavy atom. The molecule has 0 aliphatic rings. The van der Waals surface area contributed by atoms with Gasteiger partial charge >= 0.3 is 0 Å². The Bertz CT molecular complexity index is 847. The Morgan fingerprint density at radius 1 is 1.38 bits per heavy atom. The first kappa shape index (κ1) is 13.2. The number of fused-ring (bicyclic) bond motifs is 1. The summed E-state index contributed by atoms with van der Waals surface area (Å²) < 4.78 is 6.87. The summed E-state index contributed by atoms with van der Waals surface area (Å²) in [6.45, 7) is 3.54. The van der Waals surface area contributed by atoms with Crippen LogP contribution in [-0.4, -0.2) is 20.7 Å². The van der Waals surface area contributed by atoms with Crippen LogP contribution in [0.3, 0.4) is 0 Å². The fourth-order valence-electron chi connectivity index (χ4n) is 2.25.